The van der Waals surface area contributed by atoms with Crippen LogP contribution in [0.15, 0.2) is 38.9 Å². The molecule has 3 amide bonds. The first kappa shape index (κ1) is 32.4. The van der Waals surface area contributed by atoms with Crippen molar-refractivity contribution in [1.29, 1.82) is 0 Å². The lowest BCUT2D eigenvalue weighted by Crippen LogP contribution is -2.72. The Kier molecular flexibility index (Phi) is 9.03. The highest BCUT2D eigenvalue weighted by Gasteiger charge is 2.54. The van der Waals surface area contributed by atoms with Gasteiger partial charge in [0.25, 0.3) is 17.7 Å². The summed E-state index contributed by atoms with van der Waals surface area (Å²) in [5.41, 5.74) is 4.78. The van der Waals surface area contributed by atoms with Crippen LogP contribution in [0.2, 0.25) is 0 Å². The number of carboxylic acids is 2. The molecule has 3 aliphatic heterocycles. The molecule has 2 saturated heterocycles. The van der Waals surface area contributed by atoms with Crippen molar-refractivity contribution in [3.8, 4) is 5.75 Å². The zero-order chi connectivity index (χ0) is 33.3. The van der Waals surface area contributed by atoms with Crippen LogP contribution < -0.4 is 21.6 Å². The molecule has 0 saturated carbocycles. The van der Waals surface area contributed by atoms with Crippen molar-refractivity contribution in [2.75, 3.05) is 57.9 Å². The third-order valence-electron chi connectivity index (χ3n) is 7.65. The lowest BCUT2D eigenvalue weighted by Gasteiger charge is -2.51. The number of piperazine rings is 1. The fraction of sp³-hybridized carbons (Fsp3) is 0.385. The van der Waals surface area contributed by atoms with Crippen molar-refractivity contribution < 1.29 is 48.6 Å². The maximum atomic E-state index is 13.2. The van der Waals surface area contributed by atoms with E-state index in [1.807, 2.05) is 7.05 Å². The van der Waals surface area contributed by atoms with E-state index in [0.717, 1.165) is 28.5 Å². The lowest BCUT2D eigenvalue weighted by atomic mass is 10.0. The van der Waals surface area contributed by atoms with E-state index in [2.05, 4.69) is 20.4 Å². The Hall–Kier alpha value is -4.95. The van der Waals surface area contributed by atoms with E-state index >= 15 is 0 Å². The number of thioether (sulfide) groups is 1. The number of fused-ring (bicyclic) bond motifs is 1. The number of thiazole rings is 1. The van der Waals surface area contributed by atoms with Gasteiger partial charge in [0.2, 0.25) is 12.0 Å². The molecule has 5 heterocycles. The van der Waals surface area contributed by atoms with Crippen LogP contribution >= 0.6 is 23.1 Å². The Labute approximate surface area is 267 Å². The van der Waals surface area contributed by atoms with Gasteiger partial charge in [-0.3, -0.25) is 24.1 Å². The zero-order valence-electron chi connectivity index (χ0n) is 24.1. The molecule has 0 aromatic carbocycles. The summed E-state index contributed by atoms with van der Waals surface area (Å²) < 4.78 is 0.363. The number of hydrogen-bond donors (Lipinski definition) is 5. The second-order valence-corrected chi connectivity index (χ2v) is 12.9. The molecule has 2 aromatic heterocycles. The predicted molar refractivity (Wildman–Crippen MR) is 159 cm³/mol. The molecule has 0 spiro atoms. The molecule has 5 rings (SSSR count). The number of nitrogens with zero attached hydrogens (tertiary/aromatic N) is 5. The molecular formula is C26H28N8O10S2. The maximum Gasteiger partial charge on any atom is 0.344 e. The number of nitrogens with one attached hydrogen (secondary N) is 2. The summed E-state index contributed by atoms with van der Waals surface area (Å²) in [6.07, 6.45) is 1.05. The Morgan fingerprint density at radius 1 is 1.28 bits per heavy atom. The average molecular weight is 677 g/mol. The van der Waals surface area contributed by atoms with Crippen LogP contribution in [0.25, 0.3) is 0 Å². The third-order valence-corrected chi connectivity index (χ3v) is 9.67. The molecule has 2 aromatic rings. The highest BCUT2D eigenvalue weighted by molar-refractivity contribution is 8.00. The number of aromatic amines is 1. The summed E-state index contributed by atoms with van der Waals surface area (Å²) in [6, 6.07) is -0.0950. The Morgan fingerprint density at radius 3 is 2.61 bits per heavy atom. The smallest absolute Gasteiger partial charge is 0.344 e. The molecule has 6 N–H and O–H groups in total. The molecule has 0 radical (unpaired) electrons. The molecular weight excluding hydrogens is 648 g/mol. The fourth-order valence-electron chi connectivity index (χ4n) is 5.28. The van der Waals surface area contributed by atoms with Gasteiger partial charge in [-0.2, -0.15) is 0 Å². The molecule has 3 aliphatic rings. The number of aromatic nitrogens is 2. The van der Waals surface area contributed by atoms with Crippen LogP contribution in [0.3, 0.4) is 0 Å². The minimum atomic E-state index is -1.54. The second-order valence-electron chi connectivity index (χ2n) is 10.9. The maximum absolute atomic E-state index is 13.2. The number of rotatable bonds is 10. The van der Waals surface area contributed by atoms with Crippen molar-refractivity contribution in [3.05, 3.63) is 50.5 Å². The molecule has 0 unspecified atom stereocenters. The number of anilines is 1. The predicted octanol–water partition coefficient (Wildman–Crippen LogP) is -3.07. The number of carboxylic acid groups (broad SMARTS) is 2. The fourth-order valence-corrected chi connectivity index (χ4v) is 7.17. The van der Waals surface area contributed by atoms with Crippen molar-refractivity contribution in [1.82, 2.24) is 25.1 Å². The number of likely N-dealkylation sites (N-methyl/N-ethyl adjacent to an activating group) is 1. The van der Waals surface area contributed by atoms with Crippen molar-refractivity contribution in [2.45, 2.75) is 11.4 Å². The van der Waals surface area contributed by atoms with Gasteiger partial charge in [0.1, 0.15) is 29.3 Å². The molecule has 2 fully saturated rings. The van der Waals surface area contributed by atoms with Gasteiger partial charge in [0, 0.05) is 29.0 Å². The third kappa shape index (κ3) is 6.53. The van der Waals surface area contributed by atoms with E-state index in [1.54, 1.807) is 4.90 Å². The van der Waals surface area contributed by atoms with E-state index in [9.17, 15) is 39.0 Å². The molecule has 0 bridgehead atoms. The summed E-state index contributed by atoms with van der Waals surface area (Å²) >= 11 is 2.25. The number of pyridine rings is 1. The first-order chi connectivity index (χ1) is 21.8. The molecule has 18 nitrogen and oxygen atoms in total. The van der Waals surface area contributed by atoms with Gasteiger partial charge in [0.05, 0.1) is 44.9 Å². The number of nitrogens with two attached hydrogens (primary N) is 1. The lowest BCUT2D eigenvalue weighted by molar-refractivity contribution is -0.908. The quantitative estimate of drug-likeness (QED) is 0.0725. The number of carbonyl (C=O) groups excluding carboxylic acids is 4. The summed E-state index contributed by atoms with van der Waals surface area (Å²) in [4.78, 5) is 88.0. The van der Waals surface area contributed by atoms with E-state index in [1.165, 1.54) is 17.1 Å². The number of quaternary nitrogens is 1. The minimum absolute atomic E-state index is 0.00182. The van der Waals surface area contributed by atoms with E-state index in [0.29, 0.717) is 36.2 Å². The first-order valence-electron chi connectivity index (χ1n) is 13.6. The van der Waals surface area contributed by atoms with Gasteiger partial charge < -0.3 is 50.4 Å². The van der Waals surface area contributed by atoms with Crippen LogP contribution in [-0.2, 0) is 24.0 Å². The Bertz CT molecular complexity index is 1730. The number of H-pyrrole nitrogens is 1. The molecule has 46 heavy (non-hydrogen) atoms. The van der Waals surface area contributed by atoms with E-state index in [4.69, 9.17) is 15.7 Å². The largest absolute Gasteiger partial charge is 0.543 e. The number of amides is 3. The second kappa shape index (κ2) is 12.8. The number of carbonyl (C=O) groups is 5. The number of hydrogen-bond acceptors (Lipinski definition) is 14. The number of aromatic hydroxyl groups is 1. The van der Waals surface area contributed by atoms with Crippen LogP contribution in [0.4, 0.5) is 5.13 Å². The van der Waals surface area contributed by atoms with Gasteiger partial charge in [-0.1, -0.05) is 5.16 Å². The normalized spacial score (nSPS) is 20.9. The molecule has 2 atom stereocenters. The number of β-lactam (4-membered cyclic amide) rings is 1. The number of nitrogen functional groups attached to an aromatic ring is 1. The Morgan fingerprint density at radius 2 is 2.00 bits per heavy atom. The van der Waals surface area contributed by atoms with Gasteiger partial charge in [-0.15, -0.1) is 23.1 Å². The van der Waals surface area contributed by atoms with Crippen molar-refractivity contribution >= 4 is 63.6 Å². The van der Waals surface area contributed by atoms with Crippen molar-refractivity contribution in [2.24, 2.45) is 5.16 Å². The van der Waals surface area contributed by atoms with Gasteiger partial charge in [-0.25, -0.2) is 9.78 Å². The summed E-state index contributed by atoms with van der Waals surface area (Å²) in [7, 11) is 1.90. The van der Waals surface area contributed by atoms with E-state index < -0.39 is 64.6 Å². The van der Waals surface area contributed by atoms with E-state index in [-0.39, 0.29) is 34.5 Å². The summed E-state index contributed by atoms with van der Waals surface area (Å²) in [5.74, 6) is -5.15. The summed E-state index contributed by atoms with van der Waals surface area (Å²) in [6.45, 7) is 0.938. The number of oxime groups is 1. The standard InChI is InChI=1S/C26H28N8O10S2/c1-34(4-2-32(3-5-34)22(40)13-6-15(35)16(36)7-28-13)8-12-10-45-24-19(23(41)33(24)20(12)25(42)43)30-21(39)18(31-44-9-17(37)38)14-11-46-26(27)29-14/h6-7,11,19,24H,2-5,8-10H2,1H3,(H6-,27,28,29,30,31,35,36,37,38,39,40,42,43)/t19-,24-/m1/s1. The molecule has 20 heteroatoms. The Balaban J connectivity index is 1.26. The van der Waals surface area contributed by atoms with Crippen LogP contribution in [0.5, 0.6) is 5.75 Å². The highest BCUT2D eigenvalue weighted by Crippen LogP contribution is 2.40. The molecule has 0 aliphatic carbocycles. The van der Waals surface area contributed by atoms with Crippen LogP contribution in [-0.4, -0.2) is 133 Å². The topological polar surface area (TPSA) is 261 Å². The van der Waals surface area contributed by atoms with Crippen LogP contribution in [0, 0.1) is 0 Å². The van der Waals surface area contributed by atoms with Crippen molar-refractivity contribution in [3.63, 3.8) is 0 Å². The highest BCUT2D eigenvalue weighted by atomic mass is 32.2. The molecule has 244 valence electrons. The van der Waals surface area contributed by atoms with Gasteiger partial charge in [0.15, 0.2) is 16.6 Å². The SMILES string of the molecule is C[N+]1(CC2=C(C(=O)[O-])N3C(=O)[C@@H](NC(=O)C(=NOCC(=O)O)c4csc(N)n4)[C@H]3SC2)CCN(C(=O)c2cc(=O)c(O)c[nH]2)CC1. The van der Waals surface area contributed by atoms with Gasteiger partial charge in [-0.05, 0) is 0 Å². The average Bonchev–Trinajstić information content (AvgIpc) is 3.44. The summed E-state index contributed by atoms with van der Waals surface area (Å²) in [5, 5.41) is 37.4. The van der Waals surface area contributed by atoms with Crippen LogP contribution in [0.1, 0.15) is 16.2 Å². The van der Waals surface area contributed by atoms with Gasteiger partial charge >= 0.3 is 5.97 Å². The monoisotopic (exact) mass is 676 g/mol. The number of aliphatic carboxylic acids is 2. The first-order valence-corrected chi connectivity index (χ1v) is 15.6. The zero-order valence-corrected chi connectivity index (χ0v) is 25.8. The minimum Gasteiger partial charge on any atom is -0.543 e.